The van der Waals surface area contributed by atoms with Gasteiger partial charge in [-0.1, -0.05) is 12.1 Å². The SMILES string of the molecule is COc1ccccc1OCC(O)CN1CCN(CCO)CC1.Cl.Cl. The number of methoxy groups -OCH3 is 1. The molecule has 1 atom stereocenters. The van der Waals surface area contributed by atoms with E-state index in [1.807, 2.05) is 24.3 Å². The Labute approximate surface area is 156 Å². The lowest BCUT2D eigenvalue weighted by atomic mass is 10.2. The van der Waals surface area contributed by atoms with Crippen molar-refractivity contribution in [1.29, 1.82) is 0 Å². The van der Waals surface area contributed by atoms with Crippen LogP contribution in [0.1, 0.15) is 0 Å². The number of nitrogens with zero attached hydrogens (tertiary/aromatic N) is 2. The lowest BCUT2D eigenvalue weighted by molar-refractivity contribution is 0.0423. The van der Waals surface area contributed by atoms with Crippen molar-refractivity contribution in [3.63, 3.8) is 0 Å². The maximum atomic E-state index is 10.1. The molecule has 1 unspecified atom stereocenters. The third-order valence-corrected chi connectivity index (χ3v) is 3.85. The van der Waals surface area contributed by atoms with Crippen molar-refractivity contribution in [1.82, 2.24) is 9.80 Å². The van der Waals surface area contributed by atoms with E-state index in [-0.39, 0.29) is 38.0 Å². The molecule has 1 aliphatic heterocycles. The lowest BCUT2D eigenvalue weighted by Gasteiger charge is -2.35. The molecule has 1 aromatic carbocycles. The molecule has 2 N–H and O–H groups in total. The number of benzene rings is 1. The highest BCUT2D eigenvalue weighted by atomic mass is 35.5. The zero-order chi connectivity index (χ0) is 15.8. The maximum Gasteiger partial charge on any atom is 0.161 e. The standard InChI is InChI=1S/C16H26N2O4.2ClH/c1-21-15-4-2-3-5-16(15)22-13-14(20)12-18-8-6-17(7-9-18)10-11-19;;/h2-5,14,19-20H,6-13H2,1H3;2*1H. The summed E-state index contributed by atoms with van der Waals surface area (Å²) in [6.45, 7) is 5.46. The molecule has 1 fully saturated rings. The highest BCUT2D eigenvalue weighted by Gasteiger charge is 2.19. The van der Waals surface area contributed by atoms with Crippen LogP contribution >= 0.6 is 24.8 Å². The highest BCUT2D eigenvalue weighted by Crippen LogP contribution is 2.25. The van der Waals surface area contributed by atoms with Gasteiger partial charge in [-0.15, -0.1) is 24.8 Å². The fourth-order valence-corrected chi connectivity index (χ4v) is 2.61. The van der Waals surface area contributed by atoms with Crippen molar-refractivity contribution in [2.45, 2.75) is 6.10 Å². The van der Waals surface area contributed by atoms with Gasteiger partial charge in [0.1, 0.15) is 12.7 Å². The van der Waals surface area contributed by atoms with Crippen LogP contribution in [0, 0.1) is 0 Å². The summed E-state index contributed by atoms with van der Waals surface area (Å²) in [6, 6.07) is 7.43. The molecule has 2 rings (SSSR count). The number of ether oxygens (including phenoxy) is 2. The van der Waals surface area contributed by atoms with Gasteiger partial charge in [0, 0.05) is 39.3 Å². The molecule has 1 aliphatic rings. The van der Waals surface area contributed by atoms with Crippen LogP contribution in [0.3, 0.4) is 0 Å². The van der Waals surface area contributed by atoms with Crippen molar-refractivity contribution in [2.24, 2.45) is 0 Å². The van der Waals surface area contributed by atoms with E-state index in [4.69, 9.17) is 14.6 Å². The van der Waals surface area contributed by atoms with Gasteiger partial charge in [-0.05, 0) is 12.1 Å². The van der Waals surface area contributed by atoms with Crippen LogP contribution in [0.15, 0.2) is 24.3 Å². The number of piperazine rings is 1. The summed E-state index contributed by atoms with van der Waals surface area (Å²) in [5.74, 6) is 1.32. The monoisotopic (exact) mass is 382 g/mol. The fourth-order valence-electron chi connectivity index (χ4n) is 2.61. The summed E-state index contributed by atoms with van der Waals surface area (Å²) in [7, 11) is 1.60. The first-order valence-electron chi connectivity index (χ1n) is 7.72. The molecule has 0 aliphatic carbocycles. The second-order valence-electron chi connectivity index (χ2n) is 5.48. The first kappa shape index (κ1) is 23.2. The topological polar surface area (TPSA) is 65.4 Å². The number of aliphatic hydroxyl groups excluding tert-OH is 2. The third-order valence-electron chi connectivity index (χ3n) is 3.85. The van der Waals surface area contributed by atoms with Crippen molar-refractivity contribution in [3.05, 3.63) is 24.3 Å². The highest BCUT2D eigenvalue weighted by molar-refractivity contribution is 5.85. The second-order valence-corrected chi connectivity index (χ2v) is 5.48. The van der Waals surface area contributed by atoms with E-state index < -0.39 is 6.10 Å². The summed E-state index contributed by atoms with van der Waals surface area (Å²) in [4.78, 5) is 4.46. The van der Waals surface area contributed by atoms with Crippen LogP contribution in [-0.2, 0) is 0 Å². The summed E-state index contributed by atoms with van der Waals surface area (Å²) in [5.41, 5.74) is 0. The first-order chi connectivity index (χ1) is 10.7. The quantitative estimate of drug-likeness (QED) is 0.695. The molecular weight excluding hydrogens is 355 g/mol. The van der Waals surface area contributed by atoms with Crippen LogP contribution in [-0.4, -0.2) is 85.7 Å². The van der Waals surface area contributed by atoms with Crippen LogP contribution in [0.25, 0.3) is 0 Å². The van der Waals surface area contributed by atoms with Gasteiger partial charge in [-0.2, -0.15) is 0 Å². The van der Waals surface area contributed by atoms with Gasteiger partial charge in [0.05, 0.1) is 13.7 Å². The average molecular weight is 383 g/mol. The van der Waals surface area contributed by atoms with Gasteiger partial charge in [0.2, 0.25) is 0 Å². The number of para-hydroxylation sites is 2. The van der Waals surface area contributed by atoms with Gasteiger partial charge in [-0.3, -0.25) is 9.80 Å². The molecule has 8 heteroatoms. The Morgan fingerprint density at radius 1 is 1.04 bits per heavy atom. The largest absolute Gasteiger partial charge is 0.493 e. The number of aliphatic hydroxyl groups is 2. The van der Waals surface area contributed by atoms with Crippen molar-refractivity contribution < 1.29 is 19.7 Å². The number of hydrogen-bond donors (Lipinski definition) is 2. The Kier molecular flexibility index (Phi) is 12.2. The molecular formula is C16H28Cl2N2O4. The van der Waals surface area contributed by atoms with E-state index in [0.717, 1.165) is 32.7 Å². The smallest absolute Gasteiger partial charge is 0.161 e. The first-order valence-corrected chi connectivity index (χ1v) is 7.72. The van der Waals surface area contributed by atoms with Crippen molar-refractivity contribution >= 4 is 24.8 Å². The Balaban J connectivity index is 0.00000264. The molecule has 0 saturated carbocycles. The molecule has 140 valence electrons. The van der Waals surface area contributed by atoms with Crippen LogP contribution in [0.5, 0.6) is 11.5 Å². The van der Waals surface area contributed by atoms with Gasteiger partial charge >= 0.3 is 0 Å². The fraction of sp³-hybridized carbons (Fsp3) is 0.625. The van der Waals surface area contributed by atoms with E-state index in [1.54, 1.807) is 7.11 Å². The van der Waals surface area contributed by atoms with Crippen LogP contribution in [0.4, 0.5) is 0 Å². The molecule has 6 nitrogen and oxygen atoms in total. The molecule has 0 amide bonds. The van der Waals surface area contributed by atoms with E-state index in [9.17, 15) is 5.11 Å². The lowest BCUT2D eigenvalue weighted by Crippen LogP contribution is -2.49. The van der Waals surface area contributed by atoms with E-state index in [1.165, 1.54) is 0 Å². The minimum atomic E-state index is -0.533. The Bertz CT molecular complexity index is 446. The molecule has 0 radical (unpaired) electrons. The number of rotatable bonds is 8. The Morgan fingerprint density at radius 2 is 1.62 bits per heavy atom. The average Bonchev–Trinajstić information content (AvgIpc) is 2.55. The molecule has 1 saturated heterocycles. The van der Waals surface area contributed by atoms with E-state index in [0.29, 0.717) is 18.0 Å². The Hall–Kier alpha value is -0.760. The van der Waals surface area contributed by atoms with Gasteiger partial charge in [0.25, 0.3) is 0 Å². The molecule has 0 bridgehead atoms. The molecule has 1 aromatic rings. The van der Waals surface area contributed by atoms with Crippen LogP contribution in [0.2, 0.25) is 0 Å². The van der Waals surface area contributed by atoms with Gasteiger partial charge in [-0.25, -0.2) is 0 Å². The van der Waals surface area contributed by atoms with E-state index >= 15 is 0 Å². The predicted molar refractivity (Wildman–Crippen MR) is 99.0 cm³/mol. The summed E-state index contributed by atoms with van der Waals surface area (Å²) in [5, 5.41) is 19.1. The summed E-state index contributed by atoms with van der Waals surface area (Å²) < 4.78 is 10.9. The number of halogens is 2. The predicted octanol–water partition coefficient (Wildman–Crippen LogP) is 0.888. The van der Waals surface area contributed by atoms with Gasteiger partial charge < -0.3 is 19.7 Å². The van der Waals surface area contributed by atoms with Crippen LogP contribution < -0.4 is 9.47 Å². The number of β-amino-alcohol motifs (C(OH)–C–C–N with tert-alkyl or cyclic N) is 2. The molecule has 24 heavy (non-hydrogen) atoms. The number of hydrogen-bond acceptors (Lipinski definition) is 6. The minimum Gasteiger partial charge on any atom is -0.493 e. The van der Waals surface area contributed by atoms with Gasteiger partial charge in [0.15, 0.2) is 11.5 Å². The maximum absolute atomic E-state index is 10.1. The molecule has 1 heterocycles. The zero-order valence-corrected chi connectivity index (χ0v) is 15.6. The third kappa shape index (κ3) is 7.42. The minimum absolute atomic E-state index is 0. The summed E-state index contributed by atoms with van der Waals surface area (Å²) >= 11 is 0. The normalized spacial score (nSPS) is 16.6. The molecule has 0 spiro atoms. The zero-order valence-electron chi connectivity index (χ0n) is 14.0. The van der Waals surface area contributed by atoms with Crippen molar-refractivity contribution in [2.75, 3.05) is 59.6 Å². The summed E-state index contributed by atoms with van der Waals surface area (Å²) in [6.07, 6.45) is -0.533. The van der Waals surface area contributed by atoms with Crippen molar-refractivity contribution in [3.8, 4) is 11.5 Å². The Morgan fingerprint density at radius 3 is 2.21 bits per heavy atom. The molecule has 0 aromatic heterocycles. The van der Waals surface area contributed by atoms with E-state index in [2.05, 4.69) is 9.80 Å². The second kappa shape index (κ2) is 12.6.